The third-order valence-corrected chi connectivity index (χ3v) is 3.37. The van der Waals surface area contributed by atoms with E-state index in [1.807, 2.05) is 6.92 Å². The van der Waals surface area contributed by atoms with Gasteiger partial charge in [0.25, 0.3) is 0 Å². The summed E-state index contributed by atoms with van der Waals surface area (Å²) in [6.45, 7) is 1.90. The average molecular weight is 260 g/mol. The first-order valence-corrected chi connectivity index (χ1v) is 5.92. The van der Waals surface area contributed by atoms with Crippen LogP contribution < -0.4 is 0 Å². The highest BCUT2D eigenvalue weighted by atomic mass is 35.5. The lowest BCUT2D eigenvalue weighted by atomic mass is 9.99. The molecule has 0 radical (unpaired) electrons. The van der Waals surface area contributed by atoms with Gasteiger partial charge in [-0.2, -0.15) is 0 Å². The van der Waals surface area contributed by atoms with Crippen LogP contribution in [0.2, 0.25) is 10.3 Å². The van der Waals surface area contributed by atoms with Crippen LogP contribution in [0.3, 0.4) is 0 Å². The van der Waals surface area contributed by atoms with Crippen LogP contribution >= 0.6 is 23.2 Å². The summed E-state index contributed by atoms with van der Waals surface area (Å²) in [6.07, 6.45) is 2.71. The number of pyridine rings is 1. The van der Waals surface area contributed by atoms with Crippen molar-refractivity contribution in [3.8, 4) is 0 Å². The van der Waals surface area contributed by atoms with Gasteiger partial charge in [-0.25, -0.2) is 9.78 Å². The maximum Gasteiger partial charge on any atom is 0.339 e. The van der Waals surface area contributed by atoms with Gasteiger partial charge >= 0.3 is 5.97 Å². The molecule has 0 amide bonds. The van der Waals surface area contributed by atoms with Crippen LogP contribution in [-0.2, 0) is 6.42 Å². The predicted molar refractivity (Wildman–Crippen MR) is 62.6 cm³/mol. The van der Waals surface area contributed by atoms with Gasteiger partial charge in [0, 0.05) is 0 Å². The summed E-state index contributed by atoms with van der Waals surface area (Å²) < 4.78 is 0. The SMILES string of the molecule is CCc1c(C(=O)O)c(Cl)nc(Cl)c1C1CC1. The van der Waals surface area contributed by atoms with Gasteiger partial charge in [-0.1, -0.05) is 30.1 Å². The summed E-state index contributed by atoms with van der Waals surface area (Å²) >= 11 is 11.9. The van der Waals surface area contributed by atoms with Gasteiger partial charge in [0.1, 0.15) is 15.9 Å². The number of hydrogen-bond donors (Lipinski definition) is 1. The summed E-state index contributed by atoms with van der Waals surface area (Å²) in [5.41, 5.74) is 1.72. The number of nitrogens with zero attached hydrogens (tertiary/aromatic N) is 1. The minimum Gasteiger partial charge on any atom is -0.478 e. The third kappa shape index (κ3) is 1.89. The largest absolute Gasteiger partial charge is 0.478 e. The van der Waals surface area contributed by atoms with Crippen molar-refractivity contribution in [2.24, 2.45) is 0 Å². The van der Waals surface area contributed by atoms with Gasteiger partial charge < -0.3 is 5.11 Å². The number of carbonyl (C=O) groups is 1. The molecule has 0 atom stereocenters. The highest BCUT2D eigenvalue weighted by Gasteiger charge is 2.32. The van der Waals surface area contributed by atoms with Crippen molar-refractivity contribution >= 4 is 29.2 Å². The van der Waals surface area contributed by atoms with Crippen molar-refractivity contribution in [2.45, 2.75) is 32.1 Å². The second-order valence-electron chi connectivity index (χ2n) is 3.89. The Balaban J connectivity index is 2.68. The number of carboxylic acid groups (broad SMARTS) is 1. The third-order valence-electron chi connectivity index (χ3n) is 2.80. The summed E-state index contributed by atoms with van der Waals surface area (Å²) in [6, 6.07) is 0. The summed E-state index contributed by atoms with van der Waals surface area (Å²) in [4.78, 5) is 15.1. The fourth-order valence-corrected chi connectivity index (χ4v) is 2.63. The van der Waals surface area contributed by atoms with E-state index < -0.39 is 5.97 Å². The zero-order valence-electron chi connectivity index (χ0n) is 8.76. The molecule has 5 heteroatoms. The fraction of sp³-hybridized carbons (Fsp3) is 0.455. The van der Waals surface area contributed by atoms with Crippen LogP contribution in [0.4, 0.5) is 0 Å². The summed E-state index contributed by atoms with van der Waals surface area (Å²) in [7, 11) is 0. The number of hydrogen-bond acceptors (Lipinski definition) is 2. The molecular formula is C11H11Cl2NO2. The molecule has 1 saturated carbocycles. The first-order valence-electron chi connectivity index (χ1n) is 5.17. The lowest BCUT2D eigenvalue weighted by molar-refractivity contribution is 0.0695. The molecular weight excluding hydrogens is 249 g/mol. The molecule has 0 bridgehead atoms. The molecule has 0 aliphatic heterocycles. The topological polar surface area (TPSA) is 50.2 Å². The number of aromatic carboxylic acids is 1. The van der Waals surface area contributed by atoms with E-state index in [-0.39, 0.29) is 10.7 Å². The predicted octanol–water partition coefficient (Wildman–Crippen LogP) is 3.53. The maximum absolute atomic E-state index is 11.1. The molecule has 1 fully saturated rings. The van der Waals surface area contributed by atoms with E-state index in [1.54, 1.807) is 0 Å². The van der Waals surface area contributed by atoms with Crippen molar-refractivity contribution < 1.29 is 9.90 Å². The normalized spacial score (nSPS) is 15.2. The zero-order valence-corrected chi connectivity index (χ0v) is 10.3. The first-order chi connectivity index (χ1) is 7.56. The summed E-state index contributed by atoms with van der Waals surface area (Å²) in [5, 5.41) is 9.47. The lowest BCUT2D eigenvalue weighted by Gasteiger charge is -2.13. The maximum atomic E-state index is 11.1. The highest BCUT2D eigenvalue weighted by molar-refractivity contribution is 6.35. The van der Waals surface area contributed by atoms with E-state index in [4.69, 9.17) is 28.3 Å². The molecule has 0 saturated heterocycles. The van der Waals surface area contributed by atoms with Gasteiger partial charge in [0.15, 0.2) is 0 Å². The summed E-state index contributed by atoms with van der Waals surface area (Å²) in [5.74, 6) is -0.668. The molecule has 1 N–H and O–H groups in total. The van der Waals surface area contributed by atoms with Crippen LogP contribution in [0.25, 0.3) is 0 Å². The van der Waals surface area contributed by atoms with Crippen molar-refractivity contribution in [1.29, 1.82) is 0 Å². The molecule has 1 aromatic rings. The van der Waals surface area contributed by atoms with E-state index in [2.05, 4.69) is 4.98 Å². The van der Waals surface area contributed by atoms with Crippen LogP contribution in [0.15, 0.2) is 0 Å². The van der Waals surface area contributed by atoms with Crippen molar-refractivity contribution in [3.63, 3.8) is 0 Å². The Kier molecular flexibility index (Phi) is 3.08. The van der Waals surface area contributed by atoms with Crippen LogP contribution in [-0.4, -0.2) is 16.1 Å². The van der Waals surface area contributed by atoms with Gasteiger partial charge in [-0.15, -0.1) is 0 Å². The van der Waals surface area contributed by atoms with E-state index in [9.17, 15) is 4.79 Å². The molecule has 86 valence electrons. The Labute approximate surface area is 103 Å². The Hall–Kier alpha value is -0.800. The molecule has 16 heavy (non-hydrogen) atoms. The van der Waals surface area contributed by atoms with Crippen molar-refractivity contribution in [2.75, 3.05) is 0 Å². The Morgan fingerprint density at radius 2 is 2.06 bits per heavy atom. The molecule has 0 unspecified atom stereocenters. The molecule has 0 spiro atoms. The van der Waals surface area contributed by atoms with E-state index in [0.717, 1.165) is 24.0 Å². The number of halogens is 2. The van der Waals surface area contributed by atoms with Crippen LogP contribution in [0.5, 0.6) is 0 Å². The fourth-order valence-electron chi connectivity index (χ4n) is 1.96. The van der Waals surface area contributed by atoms with Gasteiger partial charge in [-0.3, -0.25) is 0 Å². The second-order valence-corrected chi connectivity index (χ2v) is 4.61. The number of carboxylic acids is 1. The molecule has 0 aromatic carbocycles. The quantitative estimate of drug-likeness (QED) is 0.846. The molecule has 1 aliphatic rings. The van der Waals surface area contributed by atoms with Crippen molar-refractivity contribution in [1.82, 2.24) is 4.98 Å². The average Bonchev–Trinajstić information content (AvgIpc) is 2.99. The molecule has 2 rings (SSSR count). The van der Waals surface area contributed by atoms with E-state index in [1.165, 1.54) is 0 Å². The molecule has 1 aliphatic carbocycles. The number of aromatic nitrogens is 1. The van der Waals surface area contributed by atoms with Crippen LogP contribution in [0.1, 0.15) is 47.2 Å². The monoisotopic (exact) mass is 259 g/mol. The van der Waals surface area contributed by atoms with Gasteiger partial charge in [0.05, 0.1) is 0 Å². The lowest BCUT2D eigenvalue weighted by Crippen LogP contribution is -2.08. The highest BCUT2D eigenvalue weighted by Crippen LogP contribution is 2.46. The number of rotatable bonds is 3. The van der Waals surface area contributed by atoms with Crippen molar-refractivity contribution in [3.05, 3.63) is 27.0 Å². The van der Waals surface area contributed by atoms with Crippen LogP contribution in [0, 0.1) is 0 Å². The smallest absolute Gasteiger partial charge is 0.339 e. The van der Waals surface area contributed by atoms with E-state index in [0.29, 0.717) is 17.5 Å². The standard InChI is InChI=1S/C11H11Cl2NO2/c1-2-6-7(5-3-4-5)9(12)14-10(13)8(6)11(15)16/h5H,2-4H2,1H3,(H,15,16). The minimum atomic E-state index is -1.03. The van der Waals surface area contributed by atoms with Gasteiger partial charge in [-0.05, 0) is 36.3 Å². The molecule has 3 nitrogen and oxygen atoms in total. The minimum absolute atomic E-state index is 0.0150. The Morgan fingerprint density at radius 3 is 2.50 bits per heavy atom. The Bertz CT molecular complexity index is 456. The first kappa shape index (κ1) is 11.7. The molecule has 1 aromatic heterocycles. The molecule has 1 heterocycles. The van der Waals surface area contributed by atoms with E-state index >= 15 is 0 Å². The zero-order chi connectivity index (χ0) is 11.9. The Morgan fingerprint density at radius 1 is 1.44 bits per heavy atom. The van der Waals surface area contributed by atoms with Gasteiger partial charge in [0.2, 0.25) is 0 Å². The second kappa shape index (κ2) is 4.22.